The van der Waals surface area contributed by atoms with Gasteiger partial charge in [0.2, 0.25) is 0 Å². The van der Waals surface area contributed by atoms with Crippen molar-refractivity contribution in [1.29, 1.82) is 0 Å². The average molecular weight is 417 g/mol. The summed E-state index contributed by atoms with van der Waals surface area (Å²) in [5.74, 6) is -7.96. The van der Waals surface area contributed by atoms with Crippen LogP contribution in [0.2, 0.25) is 0 Å². The van der Waals surface area contributed by atoms with Gasteiger partial charge in [0.25, 0.3) is 0 Å². The maximum Gasteiger partial charge on any atom is 0.307 e. The van der Waals surface area contributed by atoms with E-state index in [0.717, 1.165) is 32.1 Å². The molecule has 0 spiro atoms. The molecule has 0 aliphatic rings. The molecule has 0 heterocycles. The molecular weight excluding hydrogens is 380 g/mol. The summed E-state index contributed by atoms with van der Waals surface area (Å²) in [5.41, 5.74) is 0. The molecule has 0 aromatic carbocycles. The number of rotatable bonds is 18. The molecule has 168 valence electrons. The molecule has 4 N–H and O–H groups in total. The lowest BCUT2D eigenvalue weighted by Crippen LogP contribution is -2.30. The Morgan fingerprint density at radius 3 is 1.24 bits per heavy atom. The highest BCUT2D eigenvalue weighted by Crippen LogP contribution is 2.26. The molecule has 8 heteroatoms. The van der Waals surface area contributed by atoms with E-state index in [-0.39, 0.29) is 0 Å². The Kier molecular flexibility index (Phi) is 13.7. The van der Waals surface area contributed by atoms with Gasteiger partial charge < -0.3 is 20.4 Å². The molecule has 4 atom stereocenters. The molecule has 0 amide bonds. The molecule has 0 aliphatic carbocycles. The highest BCUT2D eigenvalue weighted by Gasteiger charge is 2.32. The second-order valence-electron chi connectivity index (χ2n) is 7.80. The second-order valence-corrected chi connectivity index (χ2v) is 7.80. The van der Waals surface area contributed by atoms with E-state index < -0.39 is 47.5 Å². The fraction of sp³-hybridized carbons (Fsp3) is 0.810. The van der Waals surface area contributed by atoms with Crippen LogP contribution >= 0.6 is 0 Å². The van der Waals surface area contributed by atoms with Crippen LogP contribution in [0.1, 0.15) is 84.5 Å². The van der Waals surface area contributed by atoms with Crippen LogP contribution in [-0.2, 0) is 19.2 Å². The SMILES string of the molecule is CCCCCC(C(=O)O)C(CCCCCCCC(C(=O)O)C(C)C(=O)O)C(=O)O. The molecule has 0 bridgehead atoms. The van der Waals surface area contributed by atoms with Crippen molar-refractivity contribution in [2.75, 3.05) is 0 Å². The van der Waals surface area contributed by atoms with Gasteiger partial charge in [0.05, 0.1) is 23.7 Å². The van der Waals surface area contributed by atoms with Crippen LogP contribution in [0.4, 0.5) is 0 Å². The van der Waals surface area contributed by atoms with Crippen LogP contribution in [0.3, 0.4) is 0 Å². The van der Waals surface area contributed by atoms with Gasteiger partial charge in [-0.1, -0.05) is 65.2 Å². The van der Waals surface area contributed by atoms with E-state index in [2.05, 4.69) is 0 Å². The highest BCUT2D eigenvalue weighted by molar-refractivity contribution is 5.80. The summed E-state index contributed by atoms with van der Waals surface area (Å²) in [6.07, 6.45) is 6.93. The van der Waals surface area contributed by atoms with Gasteiger partial charge in [0, 0.05) is 0 Å². The van der Waals surface area contributed by atoms with Gasteiger partial charge in [0.15, 0.2) is 0 Å². The van der Waals surface area contributed by atoms with Crippen molar-refractivity contribution in [2.24, 2.45) is 23.7 Å². The Hall–Kier alpha value is -2.12. The second kappa shape index (κ2) is 14.8. The first-order valence-electron chi connectivity index (χ1n) is 10.5. The summed E-state index contributed by atoms with van der Waals surface area (Å²) in [4.78, 5) is 45.2. The lowest BCUT2D eigenvalue weighted by Gasteiger charge is -2.20. The number of carboxylic acids is 4. The lowest BCUT2D eigenvalue weighted by atomic mass is 9.84. The summed E-state index contributed by atoms with van der Waals surface area (Å²) >= 11 is 0. The van der Waals surface area contributed by atoms with Crippen LogP contribution in [0.25, 0.3) is 0 Å². The van der Waals surface area contributed by atoms with E-state index in [1.807, 2.05) is 6.92 Å². The average Bonchev–Trinajstić information content (AvgIpc) is 2.63. The fourth-order valence-corrected chi connectivity index (χ4v) is 3.63. The van der Waals surface area contributed by atoms with Crippen molar-refractivity contribution in [3.8, 4) is 0 Å². The van der Waals surface area contributed by atoms with Gasteiger partial charge in [-0.2, -0.15) is 0 Å². The summed E-state index contributed by atoms with van der Waals surface area (Å²) < 4.78 is 0. The van der Waals surface area contributed by atoms with Crippen LogP contribution in [0.5, 0.6) is 0 Å². The van der Waals surface area contributed by atoms with Gasteiger partial charge in [-0.15, -0.1) is 0 Å². The van der Waals surface area contributed by atoms with Gasteiger partial charge in [0.1, 0.15) is 0 Å². The monoisotopic (exact) mass is 416 g/mol. The van der Waals surface area contributed by atoms with Gasteiger partial charge in [-0.05, 0) is 19.3 Å². The Bertz CT molecular complexity index is 531. The Balaban J connectivity index is 4.33. The van der Waals surface area contributed by atoms with Crippen molar-refractivity contribution >= 4 is 23.9 Å². The topological polar surface area (TPSA) is 149 Å². The van der Waals surface area contributed by atoms with Gasteiger partial charge in [-0.3, -0.25) is 19.2 Å². The van der Waals surface area contributed by atoms with Crippen LogP contribution < -0.4 is 0 Å². The zero-order valence-electron chi connectivity index (χ0n) is 17.5. The molecule has 8 nitrogen and oxygen atoms in total. The molecule has 0 fully saturated rings. The van der Waals surface area contributed by atoms with E-state index in [1.165, 1.54) is 6.92 Å². The highest BCUT2D eigenvalue weighted by atomic mass is 16.4. The zero-order chi connectivity index (χ0) is 22.4. The van der Waals surface area contributed by atoms with Crippen molar-refractivity contribution < 1.29 is 39.6 Å². The van der Waals surface area contributed by atoms with Crippen molar-refractivity contribution in [1.82, 2.24) is 0 Å². The number of hydrogen-bond acceptors (Lipinski definition) is 4. The van der Waals surface area contributed by atoms with Crippen LogP contribution in [0.15, 0.2) is 0 Å². The number of carboxylic acid groups (broad SMARTS) is 4. The number of carbonyl (C=O) groups is 4. The molecule has 4 unspecified atom stereocenters. The normalized spacial score (nSPS) is 15.2. The summed E-state index contributed by atoms with van der Waals surface area (Å²) in [6, 6.07) is 0. The van der Waals surface area contributed by atoms with Crippen LogP contribution in [0, 0.1) is 23.7 Å². The van der Waals surface area contributed by atoms with Crippen molar-refractivity contribution in [3.05, 3.63) is 0 Å². The first-order valence-corrected chi connectivity index (χ1v) is 10.5. The summed E-state index contributed by atoms with van der Waals surface area (Å²) in [6.45, 7) is 3.40. The minimum absolute atomic E-state index is 0.291. The van der Waals surface area contributed by atoms with E-state index in [0.29, 0.717) is 38.5 Å². The van der Waals surface area contributed by atoms with E-state index in [1.54, 1.807) is 0 Å². The minimum Gasteiger partial charge on any atom is -0.481 e. The quantitative estimate of drug-likeness (QED) is 0.244. The van der Waals surface area contributed by atoms with Crippen molar-refractivity contribution in [3.63, 3.8) is 0 Å². The fourth-order valence-electron chi connectivity index (χ4n) is 3.63. The number of unbranched alkanes of at least 4 members (excludes halogenated alkanes) is 6. The predicted octanol–water partition coefficient (Wildman–Crippen LogP) is 4.12. The summed E-state index contributed by atoms with van der Waals surface area (Å²) in [5, 5.41) is 36.9. The van der Waals surface area contributed by atoms with Crippen molar-refractivity contribution in [2.45, 2.75) is 84.5 Å². The first-order chi connectivity index (χ1) is 13.6. The van der Waals surface area contributed by atoms with Gasteiger partial charge in [-0.25, -0.2) is 0 Å². The van der Waals surface area contributed by atoms with E-state index >= 15 is 0 Å². The molecule has 0 saturated carbocycles. The summed E-state index contributed by atoms with van der Waals surface area (Å²) in [7, 11) is 0. The molecule has 0 aromatic rings. The number of hydrogen-bond donors (Lipinski definition) is 4. The maximum atomic E-state index is 11.5. The molecular formula is C21H36O8. The maximum absolute atomic E-state index is 11.5. The lowest BCUT2D eigenvalue weighted by molar-refractivity contribution is -0.154. The molecule has 0 aromatic heterocycles. The minimum atomic E-state index is -1.12. The molecule has 0 aliphatic heterocycles. The molecule has 29 heavy (non-hydrogen) atoms. The van der Waals surface area contributed by atoms with E-state index in [4.69, 9.17) is 10.2 Å². The third-order valence-corrected chi connectivity index (χ3v) is 5.58. The third kappa shape index (κ3) is 10.9. The molecule has 0 rings (SSSR count). The van der Waals surface area contributed by atoms with E-state index in [9.17, 15) is 29.4 Å². The third-order valence-electron chi connectivity index (χ3n) is 5.58. The standard InChI is InChI=1S/C21H36O8/c1-3-4-8-12-16(20(26)27)17(21(28)29)13-10-7-5-6-9-11-15(19(24)25)14(2)18(22)23/h14-17H,3-13H2,1-2H3,(H,22,23)(H,24,25)(H,26,27)(H,28,29). The zero-order valence-corrected chi connectivity index (χ0v) is 17.5. The smallest absolute Gasteiger partial charge is 0.307 e. The molecule has 0 saturated heterocycles. The van der Waals surface area contributed by atoms with Crippen LogP contribution in [-0.4, -0.2) is 44.3 Å². The first kappa shape index (κ1) is 26.9. The Morgan fingerprint density at radius 2 is 0.897 bits per heavy atom. The van der Waals surface area contributed by atoms with Gasteiger partial charge >= 0.3 is 23.9 Å². The Labute approximate surface area is 172 Å². The molecule has 0 radical (unpaired) electrons. The Morgan fingerprint density at radius 1 is 0.552 bits per heavy atom. The number of aliphatic carboxylic acids is 4. The predicted molar refractivity (Wildman–Crippen MR) is 107 cm³/mol. The largest absolute Gasteiger partial charge is 0.481 e.